The molecule has 5 nitrogen and oxygen atoms in total. The molecule has 0 fully saturated rings. The first-order valence-electron chi connectivity index (χ1n) is 8.15. The van der Waals surface area contributed by atoms with E-state index in [0.29, 0.717) is 23.6 Å². The van der Waals surface area contributed by atoms with E-state index >= 15 is 0 Å². The van der Waals surface area contributed by atoms with Crippen molar-refractivity contribution in [3.8, 4) is 5.75 Å². The maximum Gasteiger partial charge on any atom is 0.259 e. The molecule has 0 spiro atoms. The molecule has 26 heavy (non-hydrogen) atoms. The molecular weight excluding hydrogens is 350 g/mol. The second kappa shape index (κ2) is 7.17. The number of sulfone groups is 1. The number of fused-ring (bicyclic) bond motifs is 1. The minimum atomic E-state index is -3.35. The van der Waals surface area contributed by atoms with Crippen molar-refractivity contribution in [3.05, 3.63) is 66.2 Å². The summed E-state index contributed by atoms with van der Waals surface area (Å²) in [5, 5.41) is 4.65. The number of benzene rings is 3. The fourth-order valence-electron chi connectivity index (χ4n) is 2.67. The maximum absolute atomic E-state index is 12.8. The first kappa shape index (κ1) is 17.9. The van der Waals surface area contributed by atoms with Crippen molar-refractivity contribution in [2.24, 2.45) is 0 Å². The molecule has 0 aliphatic rings. The quantitative estimate of drug-likeness (QED) is 0.740. The molecule has 0 aromatic heterocycles. The number of carbonyl (C=O) groups is 1. The molecule has 0 radical (unpaired) electrons. The molecule has 1 amide bonds. The fourth-order valence-corrected chi connectivity index (χ4v) is 3.34. The lowest BCUT2D eigenvalue weighted by molar-refractivity contribution is 0.102. The third kappa shape index (κ3) is 3.86. The number of ether oxygens (including phenoxy) is 1. The van der Waals surface area contributed by atoms with Crippen molar-refractivity contribution in [1.82, 2.24) is 0 Å². The normalized spacial score (nSPS) is 11.3. The van der Waals surface area contributed by atoms with Gasteiger partial charge in [0.2, 0.25) is 0 Å². The molecule has 0 aliphatic heterocycles. The summed E-state index contributed by atoms with van der Waals surface area (Å²) < 4.78 is 29.0. The Labute approximate surface area is 152 Å². The molecule has 0 saturated carbocycles. The van der Waals surface area contributed by atoms with Gasteiger partial charge in [0.05, 0.1) is 17.1 Å². The number of anilines is 1. The highest BCUT2D eigenvalue weighted by atomic mass is 32.2. The summed E-state index contributed by atoms with van der Waals surface area (Å²) in [5.74, 6) is 0.132. The fraction of sp³-hybridized carbons (Fsp3) is 0.150. The van der Waals surface area contributed by atoms with Crippen LogP contribution in [-0.2, 0) is 9.84 Å². The standard InChI is InChI=1S/C20H19NO4S/c1-3-25-19-12-15-8-5-4-7-14(15)11-18(19)20(22)21-16-9-6-10-17(13-16)26(2,23)24/h4-13H,3H2,1-2H3,(H,21,22). The average molecular weight is 369 g/mol. The van der Waals surface area contributed by atoms with E-state index in [1.165, 1.54) is 12.1 Å². The molecule has 0 saturated heterocycles. The molecule has 3 rings (SSSR count). The maximum atomic E-state index is 12.8. The summed E-state index contributed by atoms with van der Waals surface area (Å²) >= 11 is 0. The van der Waals surface area contributed by atoms with Crippen molar-refractivity contribution < 1.29 is 17.9 Å². The van der Waals surface area contributed by atoms with Gasteiger partial charge in [-0.25, -0.2) is 8.42 Å². The highest BCUT2D eigenvalue weighted by Gasteiger charge is 2.15. The zero-order valence-corrected chi connectivity index (χ0v) is 15.3. The predicted octanol–water partition coefficient (Wildman–Crippen LogP) is 3.89. The minimum Gasteiger partial charge on any atom is -0.493 e. The van der Waals surface area contributed by atoms with Crippen LogP contribution >= 0.6 is 0 Å². The third-order valence-corrected chi connectivity index (χ3v) is 5.02. The molecule has 0 bridgehead atoms. The van der Waals surface area contributed by atoms with Crippen LogP contribution in [0.1, 0.15) is 17.3 Å². The SMILES string of the molecule is CCOc1cc2ccccc2cc1C(=O)Nc1cccc(S(C)(=O)=O)c1. The first-order chi connectivity index (χ1) is 12.4. The van der Waals surface area contributed by atoms with E-state index in [9.17, 15) is 13.2 Å². The number of nitrogens with one attached hydrogen (secondary N) is 1. The van der Waals surface area contributed by atoms with Gasteiger partial charge < -0.3 is 10.1 Å². The van der Waals surface area contributed by atoms with Crippen LogP contribution in [0.3, 0.4) is 0 Å². The van der Waals surface area contributed by atoms with Crippen LogP contribution in [0.4, 0.5) is 5.69 Å². The first-order valence-corrected chi connectivity index (χ1v) is 10.0. The Kier molecular flexibility index (Phi) is 4.95. The molecule has 1 N–H and O–H groups in total. The van der Waals surface area contributed by atoms with E-state index in [1.807, 2.05) is 37.3 Å². The summed E-state index contributed by atoms with van der Waals surface area (Å²) in [5.41, 5.74) is 0.809. The zero-order valence-electron chi connectivity index (χ0n) is 14.5. The second-order valence-corrected chi connectivity index (χ2v) is 7.90. The van der Waals surface area contributed by atoms with Crippen LogP contribution in [-0.4, -0.2) is 27.2 Å². The van der Waals surface area contributed by atoms with Crippen molar-refractivity contribution >= 4 is 32.2 Å². The summed E-state index contributed by atoms with van der Waals surface area (Å²) in [6.45, 7) is 2.29. The van der Waals surface area contributed by atoms with Crippen molar-refractivity contribution in [2.75, 3.05) is 18.2 Å². The third-order valence-electron chi connectivity index (χ3n) is 3.91. The molecule has 0 unspecified atom stereocenters. The Bertz CT molecular complexity index is 1070. The lowest BCUT2D eigenvalue weighted by Gasteiger charge is -2.13. The van der Waals surface area contributed by atoms with Gasteiger partial charge in [-0.2, -0.15) is 0 Å². The van der Waals surface area contributed by atoms with E-state index in [-0.39, 0.29) is 10.8 Å². The highest BCUT2D eigenvalue weighted by Crippen LogP contribution is 2.27. The Morgan fingerprint density at radius 3 is 2.35 bits per heavy atom. The van der Waals surface area contributed by atoms with E-state index in [1.54, 1.807) is 18.2 Å². The Morgan fingerprint density at radius 1 is 1.00 bits per heavy atom. The van der Waals surface area contributed by atoms with Crippen LogP contribution < -0.4 is 10.1 Å². The smallest absolute Gasteiger partial charge is 0.259 e. The van der Waals surface area contributed by atoms with Gasteiger partial charge in [0.25, 0.3) is 5.91 Å². The minimum absolute atomic E-state index is 0.152. The number of hydrogen-bond acceptors (Lipinski definition) is 4. The van der Waals surface area contributed by atoms with Gasteiger partial charge in [0.15, 0.2) is 9.84 Å². The Morgan fingerprint density at radius 2 is 1.69 bits per heavy atom. The largest absolute Gasteiger partial charge is 0.493 e. The van der Waals surface area contributed by atoms with Crippen LogP contribution in [0.25, 0.3) is 10.8 Å². The van der Waals surface area contributed by atoms with Gasteiger partial charge in [0, 0.05) is 11.9 Å². The average Bonchev–Trinajstić information content (AvgIpc) is 2.61. The molecule has 0 heterocycles. The van der Waals surface area contributed by atoms with Crippen LogP contribution in [0.15, 0.2) is 65.6 Å². The number of amides is 1. The van der Waals surface area contributed by atoms with Crippen molar-refractivity contribution in [3.63, 3.8) is 0 Å². The number of hydrogen-bond donors (Lipinski definition) is 1. The van der Waals surface area contributed by atoms with Crippen molar-refractivity contribution in [1.29, 1.82) is 0 Å². The molecule has 0 aliphatic carbocycles. The second-order valence-electron chi connectivity index (χ2n) is 5.88. The molecule has 6 heteroatoms. The topological polar surface area (TPSA) is 72.5 Å². The molecule has 0 atom stereocenters. The van der Waals surface area contributed by atoms with Crippen LogP contribution in [0.5, 0.6) is 5.75 Å². The van der Waals surface area contributed by atoms with Crippen LogP contribution in [0, 0.1) is 0 Å². The van der Waals surface area contributed by atoms with Gasteiger partial charge >= 0.3 is 0 Å². The van der Waals surface area contributed by atoms with E-state index in [2.05, 4.69) is 5.32 Å². The summed E-state index contributed by atoms with van der Waals surface area (Å²) in [6, 6.07) is 17.5. The van der Waals surface area contributed by atoms with E-state index < -0.39 is 9.84 Å². The van der Waals surface area contributed by atoms with E-state index in [4.69, 9.17) is 4.74 Å². The van der Waals surface area contributed by atoms with E-state index in [0.717, 1.165) is 17.0 Å². The number of rotatable bonds is 5. The Hall–Kier alpha value is -2.86. The monoisotopic (exact) mass is 369 g/mol. The molecule has 3 aromatic rings. The van der Waals surface area contributed by atoms with Gasteiger partial charge in [0.1, 0.15) is 5.75 Å². The number of carbonyl (C=O) groups excluding carboxylic acids is 1. The molecule has 3 aromatic carbocycles. The van der Waals surface area contributed by atoms with Gasteiger partial charge in [-0.3, -0.25) is 4.79 Å². The summed E-state index contributed by atoms with van der Waals surface area (Å²) in [6.07, 6.45) is 1.13. The summed E-state index contributed by atoms with van der Waals surface area (Å²) in [4.78, 5) is 12.9. The van der Waals surface area contributed by atoms with Gasteiger partial charge in [-0.1, -0.05) is 30.3 Å². The molecule has 134 valence electrons. The highest BCUT2D eigenvalue weighted by molar-refractivity contribution is 7.90. The lowest BCUT2D eigenvalue weighted by atomic mass is 10.1. The Balaban J connectivity index is 1.98. The van der Waals surface area contributed by atoms with Crippen LogP contribution in [0.2, 0.25) is 0 Å². The van der Waals surface area contributed by atoms with Gasteiger partial charge in [-0.15, -0.1) is 0 Å². The molecular formula is C20H19NO4S. The van der Waals surface area contributed by atoms with Crippen molar-refractivity contribution in [2.45, 2.75) is 11.8 Å². The van der Waals surface area contributed by atoms with Gasteiger partial charge in [-0.05, 0) is 48.0 Å². The lowest BCUT2D eigenvalue weighted by Crippen LogP contribution is -2.14. The zero-order chi connectivity index (χ0) is 18.7. The summed E-state index contributed by atoms with van der Waals surface area (Å²) in [7, 11) is -3.35. The predicted molar refractivity (Wildman–Crippen MR) is 103 cm³/mol.